The van der Waals surface area contributed by atoms with Crippen LogP contribution in [0.2, 0.25) is 0 Å². The van der Waals surface area contributed by atoms with Crippen molar-refractivity contribution < 1.29 is 0 Å². The molecule has 0 saturated heterocycles. The van der Waals surface area contributed by atoms with Crippen LogP contribution >= 0.6 is 11.3 Å². The topological polar surface area (TPSA) is 28.2 Å². The Labute approximate surface area is 132 Å². The third-order valence-electron chi connectivity index (χ3n) is 3.45. The van der Waals surface area contributed by atoms with Crippen molar-refractivity contribution in [3.05, 3.63) is 52.0 Å². The predicted octanol–water partition coefficient (Wildman–Crippen LogP) is 3.66. The normalized spacial score (nSPS) is 11.5. The molecule has 1 N–H and O–H groups in total. The van der Waals surface area contributed by atoms with E-state index in [1.54, 1.807) is 11.3 Å². The molecule has 0 aliphatic rings. The fourth-order valence-electron chi connectivity index (χ4n) is 2.18. The van der Waals surface area contributed by atoms with Gasteiger partial charge in [-0.05, 0) is 26.0 Å². The highest BCUT2D eigenvalue weighted by Crippen LogP contribution is 2.15. The minimum absolute atomic E-state index is 0.504. The molecule has 2 aromatic rings. The Morgan fingerprint density at radius 1 is 1.19 bits per heavy atom. The second kappa shape index (κ2) is 8.27. The van der Waals surface area contributed by atoms with E-state index >= 15 is 0 Å². The second-order valence-corrected chi connectivity index (χ2v) is 6.44. The molecule has 4 heteroatoms. The third-order valence-corrected chi connectivity index (χ3v) is 4.35. The highest BCUT2D eigenvalue weighted by atomic mass is 32.1. The summed E-state index contributed by atoms with van der Waals surface area (Å²) in [5.41, 5.74) is 2.53. The first-order chi connectivity index (χ1) is 10.2. The molecule has 0 radical (unpaired) electrons. The number of aromatic nitrogens is 1. The maximum absolute atomic E-state index is 4.73. The lowest BCUT2D eigenvalue weighted by molar-refractivity contribution is 0.201. The maximum Gasteiger partial charge on any atom is 0.107 e. The number of nitrogens with zero attached hydrogens (tertiary/aromatic N) is 2. The lowest BCUT2D eigenvalue weighted by atomic mass is 10.2. The number of thiazole rings is 1. The molecule has 0 fully saturated rings. The Hall–Kier alpha value is -1.23. The summed E-state index contributed by atoms with van der Waals surface area (Å²) in [6.07, 6.45) is 0. The largest absolute Gasteiger partial charge is 0.311 e. The van der Waals surface area contributed by atoms with Crippen LogP contribution in [0.15, 0.2) is 35.7 Å². The van der Waals surface area contributed by atoms with Gasteiger partial charge in [0.25, 0.3) is 0 Å². The summed E-state index contributed by atoms with van der Waals surface area (Å²) < 4.78 is 0. The van der Waals surface area contributed by atoms with Crippen molar-refractivity contribution in [3.63, 3.8) is 0 Å². The van der Waals surface area contributed by atoms with Gasteiger partial charge in [-0.3, -0.25) is 4.90 Å². The average Bonchev–Trinajstić information content (AvgIpc) is 2.93. The van der Waals surface area contributed by atoms with Gasteiger partial charge < -0.3 is 5.32 Å². The van der Waals surface area contributed by atoms with Crippen LogP contribution < -0.4 is 5.32 Å². The highest BCUT2D eigenvalue weighted by Gasteiger charge is 2.13. The zero-order valence-electron chi connectivity index (χ0n) is 13.2. The molecule has 0 amide bonds. The van der Waals surface area contributed by atoms with Crippen molar-refractivity contribution in [1.29, 1.82) is 0 Å². The van der Waals surface area contributed by atoms with E-state index in [0.29, 0.717) is 6.04 Å². The number of hydrogen-bond acceptors (Lipinski definition) is 4. The highest BCUT2D eigenvalue weighted by molar-refractivity contribution is 7.09. The molecule has 0 bridgehead atoms. The first kappa shape index (κ1) is 16.1. The molecule has 0 saturated carbocycles. The van der Waals surface area contributed by atoms with Gasteiger partial charge in [-0.2, -0.15) is 0 Å². The van der Waals surface area contributed by atoms with Gasteiger partial charge in [0.15, 0.2) is 0 Å². The van der Waals surface area contributed by atoms with E-state index in [2.05, 4.69) is 66.7 Å². The molecule has 3 nitrogen and oxygen atoms in total. The number of benzene rings is 1. The Morgan fingerprint density at radius 2 is 1.95 bits per heavy atom. The monoisotopic (exact) mass is 303 g/mol. The van der Waals surface area contributed by atoms with Crippen molar-refractivity contribution in [2.24, 2.45) is 0 Å². The van der Waals surface area contributed by atoms with Crippen molar-refractivity contribution in [3.8, 4) is 0 Å². The molecule has 0 spiro atoms. The lowest BCUT2D eigenvalue weighted by Gasteiger charge is -2.25. The smallest absolute Gasteiger partial charge is 0.107 e. The number of rotatable bonds is 8. The van der Waals surface area contributed by atoms with E-state index in [1.807, 2.05) is 0 Å². The van der Waals surface area contributed by atoms with Crippen LogP contribution in [-0.4, -0.2) is 22.5 Å². The molecule has 0 atom stereocenters. The molecular formula is C17H25N3S. The number of hydrogen-bond donors (Lipinski definition) is 1. The number of nitrogens with one attached hydrogen (secondary N) is 1. The van der Waals surface area contributed by atoms with Gasteiger partial charge in [0.2, 0.25) is 0 Å². The summed E-state index contributed by atoms with van der Waals surface area (Å²) in [4.78, 5) is 7.19. The van der Waals surface area contributed by atoms with Crippen LogP contribution in [0.1, 0.15) is 37.0 Å². The van der Waals surface area contributed by atoms with Gasteiger partial charge in [0.05, 0.1) is 5.69 Å². The Kier molecular flexibility index (Phi) is 6.36. The lowest BCUT2D eigenvalue weighted by Crippen LogP contribution is -2.30. The Morgan fingerprint density at radius 3 is 2.62 bits per heavy atom. The average molecular weight is 303 g/mol. The first-order valence-corrected chi connectivity index (χ1v) is 8.49. The molecule has 0 unspecified atom stereocenters. The first-order valence-electron chi connectivity index (χ1n) is 7.61. The third kappa shape index (κ3) is 5.23. The molecule has 21 heavy (non-hydrogen) atoms. The standard InChI is InChI=1S/C17H25N3S/c1-4-18-10-17-19-16(13-21-17)12-20(14(2)3)11-15-8-6-5-7-9-15/h5-9,13-14,18H,4,10-12H2,1-3H3. The van der Waals surface area contributed by atoms with Crippen molar-refractivity contribution in [2.75, 3.05) is 6.54 Å². The van der Waals surface area contributed by atoms with Gasteiger partial charge in [0.1, 0.15) is 5.01 Å². The van der Waals surface area contributed by atoms with Crippen LogP contribution in [0, 0.1) is 0 Å². The summed E-state index contributed by atoms with van der Waals surface area (Å²) in [5, 5.41) is 6.69. The summed E-state index contributed by atoms with van der Waals surface area (Å²) in [5.74, 6) is 0. The quantitative estimate of drug-likeness (QED) is 0.806. The fourth-order valence-corrected chi connectivity index (χ4v) is 2.94. The molecule has 1 heterocycles. The van der Waals surface area contributed by atoms with E-state index in [0.717, 1.165) is 26.2 Å². The summed E-state index contributed by atoms with van der Waals surface area (Å²) in [7, 11) is 0. The second-order valence-electron chi connectivity index (χ2n) is 5.50. The summed E-state index contributed by atoms with van der Waals surface area (Å²) in [6, 6.07) is 11.1. The van der Waals surface area contributed by atoms with Crippen molar-refractivity contribution in [1.82, 2.24) is 15.2 Å². The molecule has 0 aliphatic heterocycles. The van der Waals surface area contributed by atoms with Gasteiger partial charge in [0, 0.05) is 31.1 Å². The Bertz CT molecular complexity index is 522. The predicted molar refractivity (Wildman–Crippen MR) is 90.3 cm³/mol. The van der Waals surface area contributed by atoms with E-state index in [-0.39, 0.29) is 0 Å². The molecular weight excluding hydrogens is 278 g/mol. The molecule has 0 aliphatic carbocycles. The maximum atomic E-state index is 4.73. The molecule has 1 aromatic carbocycles. The van der Waals surface area contributed by atoms with Gasteiger partial charge >= 0.3 is 0 Å². The zero-order chi connectivity index (χ0) is 15.1. The minimum atomic E-state index is 0.504. The van der Waals surface area contributed by atoms with E-state index in [4.69, 9.17) is 4.98 Å². The molecule has 1 aromatic heterocycles. The van der Waals surface area contributed by atoms with E-state index in [9.17, 15) is 0 Å². The fraction of sp³-hybridized carbons (Fsp3) is 0.471. The Balaban J connectivity index is 1.97. The van der Waals surface area contributed by atoms with Crippen LogP contribution in [0.3, 0.4) is 0 Å². The van der Waals surface area contributed by atoms with Crippen LogP contribution in [-0.2, 0) is 19.6 Å². The molecule has 114 valence electrons. The minimum Gasteiger partial charge on any atom is -0.311 e. The summed E-state index contributed by atoms with van der Waals surface area (Å²) in [6.45, 7) is 10.4. The SMILES string of the molecule is CCNCc1nc(CN(Cc2ccccc2)C(C)C)cs1. The van der Waals surface area contributed by atoms with E-state index < -0.39 is 0 Å². The van der Waals surface area contributed by atoms with Crippen LogP contribution in [0.25, 0.3) is 0 Å². The van der Waals surface area contributed by atoms with Gasteiger partial charge in [-0.1, -0.05) is 37.3 Å². The van der Waals surface area contributed by atoms with Gasteiger partial charge in [-0.25, -0.2) is 4.98 Å². The summed E-state index contributed by atoms with van der Waals surface area (Å²) >= 11 is 1.75. The van der Waals surface area contributed by atoms with Gasteiger partial charge in [-0.15, -0.1) is 11.3 Å². The van der Waals surface area contributed by atoms with Crippen molar-refractivity contribution >= 4 is 11.3 Å². The van der Waals surface area contributed by atoms with Crippen molar-refractivity contribution in [2.45, 2.75) is 46.4 Å². The van der Waals surface area contributed by atoms with Crippen LogP contribution in [0.4, 0.5) is 0 Å². The molecule has 2 rings (SSSR count). The zero-order valence-corrected chi connectivity index (χ0v) is 14.0. The van der Waals surface area contributed by atoms with E-state index in [1.165, 1.54) is 16.3 Å². The van der Waals surface area contributed by atoms with Crippen LogP contribution in [0.5, 0.6) is 0 Å².